The van der Waals surface area contributed by atoms with Crippen molar-refractivity contribution in [1.82, 2.24) is 19.9 Å². The highest BCUT2D eigenvalue weighted by Crippen LogP contribution is 2.29. The first-order valence-electron chi connectivity index (χ1n) is 6.46. The van der Waals surface area contributed by atoms with E-state index in [2.05, 4.69) is 45.1 Å². The number of aromatic nitrogens is 4. The zero-order valence-corrected chi connectivity index (χ0v) is 11.0. The molecule has 0 aliphatic rings. The second kappa shape index (κ2) is 4.13. The number of benzene rings is 1. The minimum Gasteiger partial charge on any atom is -0.346 e. The molecule has 4 heteroatoms. The smallest absolute Gasteiger partial charge is 0.137 e. The highest BCUT2D eigenvalue weighted by atomic mass is 14.8. The molecule has 0 aliphatic carbocycles. The van der Waals surface area contributed by atoms with E-state index in [-0.39, 0.29) is 0 Å². The van der Waals surface area contributed by atoms with Gasteiger partial charge in [-0.1, -0.05) is 6.07 Å². The third kappa shape index (κ3) is 1.66. The Balaban J connectivity index is 1.98. The zero-order valence-electron chi connectivity index (χ0n) is 11.0. The van der Waals surface area contributed by atoms with Gasteiger partial charge in [-0.15, -0.1) is 0 Å². The lowest BCUT2D eigenvalue weighted by molar-refractivity contribution is 1.29. The molecule has 1 N–H and O–H groups in total. The van der Waals surface area contributed by atoms with Crippen LogP contribution in [0.3, 0.4) is 0 Å². The summed E-state index contributed by atoms with van der Waals surface area (Å²) in [7, 11) is 0. The van der Waals surface area contributed by atoms with Crippen LogP contribution in [-0.2, 0) is 0 Å². The topological polar surface area (TPSA) is 54.5 Å². The normalized spacial score (nSPS) is 11.2. The molecule has 0 aliphatic heterocycles. The maximum absolute atomic E-state index is 4.41. The van der Waals surface area contributed by atoms with Gasteiger partial charge in [0, 0.05) is 35.7 Å². The zero-order chi connectivity index (χ0) is 13.5. The van der Waals surface area contributed by atoms with Crippen molar-refractivity contribution < 1.29 is 0 Å². The molecule has 0 atom stereocenters. The Labute approximate surface area is 115 Å². The molecule has 0 saturated carbocycles. The summed E-state index contributed by atoms with van der Waals surface area (Å²) in [4.78, 5) is 16.3. The van der Waals surface area contributed by atoms with Crippen LogP contribution in [0.4, 0.5) is 0 Å². The minimum atomic E-state index is 0.903. The van der Waals surface area contributed by atoms with E-state index >= 15 is 0 Å². The van der Waals surface area contributed by atoms with Crippen molar-refractivity contribution in [3.63, 3.8) is 0 Å². The molecule has 0 spiro atoms. The maximum Gasteiger partial charge on any atom is 0.137 e. The van der Waals surface area contributed by atoms with Crippen molar-refractivity contribution in [1.29, 1.82) is 0 Å². The van der Waals surface area contributed by atoms with Crippen molar-refractivity contribution >= 4 is 22.1 Å². The van der Waals surface area contributed by atoms with Crippen LogP contribution in [-0.4, -0.2) is 19.9 Å². The van der Waals surface area contributed by atoms with Crippen molar-refractivity contribution in [3.05, 3.63) is 54.6 Å². The van der Waals surface area contributed by atoms with Gasteiger partial charge in [-0.05, 0) is 36.2 Å². The number of H-pyrrole nitrogens is 1. The van der Waals surface area contributed by atoms with Gasteiger partial charge in [0.2, 0.25) is 0 Å². The first-order valence-corrected chi connectivity index (χ1v) is 6.46. The second-order valence-corrected chi connectivity index (χ2v) is 4.87. The molecule has 0 fully saturated rings. The monoisotopic (exact) mass is 260 g/mol. The molecule has 4 nitrogen and oxygen atoms in total. The third-order valence-corrected chi connectivity index (χ3v) is 3.45. The summed E-state index contributed by atoms with van der Waals surface area (Å²) in [6.07, 6.45) is 7.29. The van der Waals surface area contributed by atoms with Gasteiger partial charge in [0.05, 0.1) is 11.0 Å². The quantitative estimate of drug-likeness (QED) is 0.570. The van der Waals surface area contributed by atoms with Crippen LogP contribution in [0.15, 0.2) is 49.1 Å². The summed E-state index contributed by atoms with van der Waals surface area (Å²) in [5.41, 5.74) is 6.13. The van der Waals surface area contributed by atoms with Gasteiger partial charge in [-0.3, -0.25) is 9.97 Å². The summed E-state index contributed by atoms with van der Waals surface area (Å²) in [5, 5.41) is 1.13. The summed E-state index contributed by atoms with van der Waals surface area (Å²) >= 11 is 0. The van der Waals surface area contributed by atoms with Crippen molar-refractivity contribution in [3.8, 4) is 11.1 Å². The number of rotatable bonds is 1. The molecule has 96 valence electrons. The Morgan fingerprint density at radius 1 is 0.950 bits per heavy atom. The molecule has 0 unspecified atom stereocenters. The lowest BCUT2D eigenvalue weighted by atomic mass is 10.0. The Bertz CT molecular complexity index is 924. The van der Waals surface area contributed by atoms with Gasteiger partial charge in [-0.25, -0.2) is 4.98 Å². The number of nitrogens with zero attached hydrogens (tertiary/aromatic N) is 3. The molecule has 4 aromatic rings. The Kier molecular flexibility index (Phi) is 2.29. The highest BCUT2D eigenvalue weighted by Gasteiger charge is 2.08. The first kappa shape index (κ1) is 11.1. The molecule has 0 radical (unpaired) electrons. The highest BCUT2D eigenvalue weighted by molar-refractivity contribution is 5.95. The molecule has 4 rings (SSSR count). The van der Waals surface area contributed by atoms with Crippen molar-refractivity contribution in [2.75, 3.05) is 0 Å². The first-order chi connectivity index (χ1) is 9.81. The number of hydrogen-bond donors (Lipinski definition) is 1. The van der Waals surface area contributed by atoms with Crippen LogP contribution >= 0.6 is 0 Å². The molecular formula is C16H12N4. The van der Waals surface area contributed by atoms with Crippen molar-refractivity contribution in [2.24, 2.45) is 0 Å². The summed E-state index contributed by atoms with van der Waals surface area (Å²) in [5.74, 6) is 0. The lowest BCUT2D eigenvalue weighted by Crippen LogP contribution is -1.84. The summed E-state index contributed by atoms with van der Waals surface area (Å²) in [6, 6.07) is 8.28. The van der Waals surface area contributed by atoms with Gasteiger partial charge in [0.1, 0.15) is 5.65 Å². The molecule has 1 aromatic carbocycles. The molecule has 3 heterocycles. The fourth-order valence-electron chi connectivity index (χ4n) is 2.48. The van der Waals surface area contributed by atoms with Crippen LogP contribution in [0.2, 0.25) is 0 Å². The minimum absolute atomic E-state index is 0.903. The Morgan fingerprint density at radius 3 is 2.70 bits per heavy atom. The fraction of sp³-hybridized carbons (Fsp3) is 0.0625. The van der Waals surface area contributed by atoms with E-state index in [0.717, 1.165) is 38.8 Å². The van der Waals surface area contributed by atoms with Gasteiger partial charge in [-0.2, -0.15) is 0 Å². The number of hydrogen-bond acceptors (Lipinski definition) is 3. The average molecular weight is 260 g/mol. The van der Waals surface area contributed by atoms with Crippen LogP contribution < -0.4 is 0 Å². The predicted octanol–water partition coefficient (Wildman–Crippen LogP) is 3.48. The van der Waals surface area contributed by atoms with E-state index in [1.807, 2.05) is 18.5 Å². The van der Waals surface area contributed by atoms with Gasteiger partial charge in [0.25, 0.3) is 0 Å². The largest absolute Gasteiger partial charge is 0.346 e. The molecule has 3 aromatic heterocycles. The molecule has 20 heavy (non-hydrogen) atoms. The van der Waals surface area contributed by atoms with E-state index in [1.165, 1.54) is 0 Å². The van der Waals surface area contributed by atoms with Gasteiger partial charge < -0.3 is 4.98 Å². The van der Waals surface area contributed by atoms with E-state index in [1.54, 1.807) is 12.4 Å². The predicted molar refractivity (Wildman–Crippen MR) is 79.4 cm³/mol. The van der Waals surface area contributed by atoms with E-state index in [4.69, 9.17) is 0 Å². The van der Waals surface area contributed by atoms with Crippen LogP contribution in [0, 0.1) is 6.92 Å². The van der Waals surface area contributed by atoms with Crippen LogP contribution in [0.1, 0.15) is 5.56 Å². The number of pyridine rings is 1. The number of fused-ring (bicyclic) bond motifs is 2. The summed E-state index contributed by atoms with van der Waals surface area (Å²) in [6.45, 7) is 2.05. The summed E-state index contributed by atoms with van der Waals surface area (Å²) < 4.78 is 0. The lowest BCUT2D eigenvalue weighted by Gasteiger charge is -2.02. The van der Waals surface area contributed by atoms with Crippen LogP contribution in [0.5, 0.6) is 0 Å². The molecule has 0 saturated heterocycles. The SMILES string of the molecule is Cc1cnc2[nH]cc(-c3ccc4nccnc4c3)c2c1. The molecule has 0 bridgehead atoms. The Morgan fingerprint density at radius 2 is 1.80 bits per heavy atom. The van der Waals surface area contributed by atoms with E-state index < -0.39 is 0 Å². The maximum atomic E-state index is 4.41. The third-order valence-electron chi connectivity index (χ3n) is 3.45. The number of nitrogens with one attached hydrogen (secondary N) is 1. The van der Waals surface area contributed by atoms with E-state index in [0.29, 0.717) is 0 Å². The van der Waals surface area contributed by atoms with E-state index in [9.17, 15) is 0 Å². The standard InChI is InChI=1S/C16H12N4/c1-10-6-12-13(9-20-16(12)19-8-10)11-2-3-14-15(7-11)18-5-4-17-14/h2-9H,1H3,(H,19,20). The van der Waals surface area contributed by atoms with Crippen molar-refractivity contribution in [2.45, 2.75) is 6.92 Å². The number of aryl methyl sites for hydroxylation is 1. The molecule has 0 amide bonds. The Hall–Kier alpha value is -2.75. The van der Waals surface area contributed by atoms with Crippen LogP contribution in [0.25, 0.3) is 33.2 Å². The fourth-order valence-corrected chi connectivity index (χ4v) is 2.48. The molecular weight excluding hydrogens is 248 g/mol. The average Bonchev–Trinajstić information content (AvgIpc) is 2.89. The van der Waals surface area contributed by atoms with Gasteiger partial charge >= 0.3 is 0 Å². The second-order valence-electron chi connectivity index (χ2n) is 4.87. The van der Waals surface area contributed by atoms with Gasteiger partial charge in [0.15, 0.2) is 0 Å². The number of aromatic amines is 1.